The number of hydrogen-bond acceptors (Lipinski definition) is 4. The van der Waals surface area contributed by atoms with Gasteiger partial charge in [-0.1, -0.05) is 12.1 Å². The van der Waals surface area contributed by atoms with Gasteiger partial charge in [-0.15, -0.1) is 11.8 Å². The summed E-state index contributed by atoms with van der Waals surface area (Å²) in [7, 11) is 0. The van der Waals surface area contributed by atoms with Gasteiger partial charge in [0.25, 0.3) is 5.91 Å². The molecule has 4 rings (SSSR count). The van der Waals surface area contributed by atoms with E-state index in [1.54, 1.807) is 37.3 Å². The molecular formula is C19H15FN4O2S. The zero-order valence-corrected chi connectivity index (χ0v) is 15.1. The standard InChI is InChI=1S/C19H15FN4O2S/c1-11-13(9-21-24(11)16-5-3-2-4-14(16)20)19(26)22-12-6-7-17-15(8-12)23-18(25)10-27-17/h2-9H,10H2,1H3,(H,22,26)(H,23,25). The van der Waals surface area contributed by atoms with Gasteiger partial charge in [-0.25, -0.2) is 9.07 Å². The van der Waals surface area contributed by atoms with Crippen molar-refractivity contribution in [2.24, 2.45) is 0 Å². The lowest BCUT2D eigenvalue weighted by Gasteiger charge is -2.17. The average molecular weight is 382 g/mol. The fraction of sp³-hybridized carbons (Fsp3) is 0.105. The first-order valence-corrected chi connectivity index (χ1v) is 9.19. The van der Waals surface area contributed by atoms with Gasteiger partial charge in [0.2, 0.25) is 5.91 Å². The molecule has 0 unspecified atom stereocenters. The van der Waals surface area contributed by atoms with Crippen LogP contribution in [0.15, 0.2) is 53.6 Å². The van der Waals surface area contributed by atoms with E-state index < -0.39 is 5.82 Å². The van der Waals surface area contributed by atoms with Crippen LogP contribution in [-0.2, 0) is 4.79 Å². The Kier molecular flexibility index (Phi) is 4.41. The minimum atomic E-state index is -0.418. The molecule has 0 saturated heterocycles. The molecule has 3 aromatic rings. The Morgan fingerprint density at radius 3 is 2.93 bits per heavy atom. The quantitative estimate of drug-likeness (QED) is 0.726. The SMILES string of the molecule is Cc1c(C(=O)Nc2ccc3c(c2)NC(=O)CS3)cnn1-c1ccccc1F. The van der Waals surface area contributed by atoms with Crippen LogP contribution in [0.2, 0.25) is 0 Å². The Balaban J connectivity index is 1.59. The number of halogens is 1. The van der Waals surface area contributed by atoms with Gasteiger partial charge in [0.15, 0.2) is 0 Å². The highest BCUT2D eigenvalue weighted by Crippen LogP contribution is 2.33. The Bertz CT molecular complexity index is 1060. The van der Waals surface area contributed by atoms with Crippen LogP contribution >= 0.6 is 11.8 Å². The van der Waals surface area contributed by atoms with Gasteiger partial charge in [0.1, 0.15) is 11.5 Å². The number of hydrogen-bond donors (Lipinski definition) is 2. The summed E-state index contributed by atoms with van der Waals surface area (Å²) in [6, 6.07) is 11.6. The first-order valence-electron chi connectivity index (χ1n) is 8.20. The monoisotopic (exact) mass is 382 g/mol. The summed E-state index contributed by atoms with van der Waals surface area (Å²) in [5.41, 5.74) is 2.38. The molecule has 1 aromatic heterocycles. The molecule has 0 spiro atoms. The van der Waals surface area contributed by atoms with Crippen LogP contribution in [0.25, 0.3) is 5.69 Å². The van der Waals surface area contributed by atoms with Crippen molar-refractivity contribution in [3.05, 3.63) is 65.7 Å². The highest BCUT2D eigenvalue weighted by atomic mass is 32.2. The van der Waals surface area contributed by atoms with Crippen molar-refractivity contribution in [3.63, 3.8) is 0 Å². The minimum absolute atomic E-state index is 0.0713. The van der Waals surface area contributed by atoms with Crippen LogP contribution < -0.4 is 10.6 Å². The zero-order valence-electron chi connectivity index (χ0n) is 14.3. The van der Waals surface area contributed by atoms with E-state index in [-0.39, 0.29) is 17.5 Å². The van der Waals surface area contributed by atoms with Gasteiger partial charge in [-0.2, -0.15) is 5.10 Å². The third kappa shape index (κ3) is 3.31. The third-order valence-electron chi connectivity index (χ3n) is 4.21. The largest absolute Gasteiger partial charge is 0.324 e. The number of thioether (sulfide) groups is 1. The van der Waals surface area contributed by atoms with E-state index in [2.05, 4.69) is 15.7 Å². The number of nitrogens with one attached hydrogen (secondary N) is 2. The lowest BCUT2D eigenvalue weighted by Crippen LogP contribution is -2.19. The number of benzene rings is 2. The minimum Gasteiger partial charge on any atom is -0.324 e. The number of rotatable bonds is 3. The number of carbonyl (C=O) groups excluding carboxylic acids is 2. The number of amides is 2. The molecule has 0 fully saturated rings. The Morgan fingerprint density at radius 1 is 1.30 bits per heavy atom. The van der Waals surface area contributed by atoms with E-state index in [1.807, 2.05) is 6.07 Å². The molecule has 2 heterocycles. The molecular weight excluding hydrogens is 367 g/mol. The molecule has 0 aliphatic carbocycles. The van der Waals surface area contributed by atoms with E-state index >= 15 is 0 Å². The van der Waals surface area contributed by atoms with Crippen molar-refractivity contribution in [3.8, 4) is 5.69 Å². The first-order chi connectivity index (χ1) is 13.0. The fourth-order valence-electron chi connectivity index (χ4n) is 2.86. The number of nitrogens with zero attached hydrogens (tertiary/aromatic N) is 2. The van der Waals surface area contributed by atoms with Crippen molar-refractivity contribution >= 4 is 35.0 Å². The second-order valence-electron chi connectivity index (χ2n) is 6.01. The zero-order chi connectivity index (χ0) is 19.0. The predicted molar refractivity (Wildman–Crippen MR) is 102 cm³/mol. The van der Waals surface area contributed by atoms with Gasteiger partial charge in [-0.05, 0) is 37.3 Å². The molecule has 0 atom stereocenters. The smallest absolute Gasteiger partial charge is 0.259 e. The molecule has 0 radical (unpaired) electrons. The van der Waals surface area contributed by atoms with E-state index in [9.17, 15) is 14.0 Å². The molecule has 1 aliphatic heterocycles. The van der Waals surface area contributed by atoms with Gasteiger partial charge in [-0.3, -0.25) is 9.59 Å². The van der Waals surface area contributed by atoms with Gasteiger partial charge >= 0.3 is 0 Å². The maximum absolute atomic E-state index is 14.0. The summed E-state index contributed by atoms with van der Waals surface area (Å²) < 4.78 is 15.4. The number of aromatic nitrogens is 2. The summed E-state index contributed by atoms with van der Waals surface area (Å²) >= 11 is 1.45. The second kappa shape index (κ2) is 6.88. The summed E-state index contributed by atoms with van der Waals surface area (Å²) in [6.07, 6.45) is 1.41. The van der Waals surface area contributed by atoms with E-state index in [4.69, 9.17) is 0 Å². The van der Waals surface area contributed by atoms with Crippen LogP contribution in [0.5, 0.6) is 0 Å². The number of para-hydroxylation sites is 1. The van der Waals surface area contributed by atoms with Crippen molar-refractivity contribution in [1.82, 2.24) is 9.78 Å². The molecule has 0 saturated carbocycles. The highest BCUT2D eigenvalue weighted by molar-refractivity contribution is 8.00. The highest BCUT2D eigenvalue weighted by Gasteiger charge is 2.19. The Morgan fingerprint density at radius 2 is 2.11 bits per heavy atom. The predicted octanol–water partition coefficient (Wildman–Crippen LogP) is 3.62. The maximum atomic E-state index is 14.0. The average Bonchev–Trinajstić information content (AvgIpc) is 3.03. The van der Waals surface area contributed by atoms with E-state index in [0.717, 1.165) is 4.90 Å². The van der Waals surface area contributed by atoms with Crippen molar-refractivity contribution in [2.45, 2.75) is 11.8 Å². The fourth-order valence-corrected chi connectivity index (χ4v) is 3.65. The number of carbonyl (C=O) groups is 2. The lowest BCUT2D eigenvalue weighted by molar-refractivity contribution is -0.113. The first kappa shape index (κ1) is 17.3. The second-order valence-corrected chi connectivity index (χ2v) is 7.03. The van der Waals surface area contributed by atoms with Crippen LogP contribution in [0.4, 0.5) is 15.8 Å². The molecule has 1 aliphatic rings. The third-order valence-corrected chi connectivity index (χ3v) is 5.28. The summed E-state index contributed by atoms with van der Waals surface area (Å²) in [5, 5.41) is 9.73. The normalized spacial score (nSPS) is 13.0. The van der Waals surface area contributed by atoms with Crippen LogP contribution in [0.1, 0.15) is 16.1 Å². The molecule has 2 N–H and O–H groups in total. The summed E-state index contributed by atoms with van der Waals surface area (Å²) in [4.78, 5) is 25.1. The van der Waals surface area contributed by atoms with Crippen molar-refractivity contribution in [1.29, 1.82) is 0 Å². The van der Waals surface area contributed by atoms with Crippen molar-refractivity contribution in [2.75, 3.05) is 16.4 Å². The molecule has 2 amide bonds. The molecule has 27 heavy (non-hydrogen) atoms. The van der Waals surface area contributed by atoms with E-state index in [0.29, 0.717) is 28.4 Å². The Labute approximate surface area is 158 Å². The van der Waals surface area contributed by atoms with Crippen LogP contribution in [0, 0.1) is 12.7 Å². The number of fused-ring (bicyclic) bond motifs is 1. The molecule has 8 heteroatoms. The van der Waals surface area contributed by atoms with Crippen LogP contribution in [-0.4, -0.2) is 27.3 Å². The van der Waals surface area contributed by atoms with E-state index in [1.165, 1.54) is 28.7 Å². The lowest BCUT2D eigenvalue weighted by atomic mass is 10.2. The maximum Gasteiger partial charge on any atom is 0.259 e. The van der Waals surface area contributed by atoms with Crippen molar-refractivity contribution < 1.29 is 14.0 Å². The topological polar surface area (TPSA) is 76.0 Å². The van der Waals surface area contributed by atoms with Gasteiger partial charge in [0.05, 0.1) is 28.9 Å². The molecule has 0 bridgehead atoms. The Hall–Kier alpha value is -3.13. The van der Waals surface area contributed by atoms with Crippen LogP contribution in [0.3, 0.4) is 0 Å². The molecule has 6 nitrogen and oxygen atoms in total. The number of anilines is 2. The molecule has 136 valence electrons. The summed E-state index contributed by atoms with van der Waals surface area (Å²) in [6.45, 7) is 1.71. The van der Waals surface area contributed by atoms with Gasteiger partial charge in [0, 0.05) is 10.6 Å². The van der Waals surface area contributed by atoms with Gasteiger partial charge < -0.3 is 10.6 Å². The summed E-state index contributed by atoms with van der Waals surface area (Å²) in [5.74, 6) is -0.464. The molecule has 2 aromatic carbocycles.